The summed E-state index contributed by atoms with van der Waals surface area (Å²) in [6.07, 6.45) is 1.72. The van der Waals surface area contributed by atoms with Crippen LogP contribution in [0.4, 0.5) is 11.4 Å². The van der Waals surface area contributed by atoms with Gasteiger partial charge in [0.1, 0.15) is 0 Å². The van der Waals surface area contributed by atoms with Gasteiger partial charge < -0.3 is 4.57 Å². The maximum Gasteiger partial charge on any atom is 0.280 e. The normalized spacial score (nSPS) is 11.5. The van der Waals surface area contributed by atoms with Crippen LogP contribution >= 0.6 is 11.3 Å². The van der Waals surface area contributed by atoms with E-state index >= 15 is 0 Å². The van der Waals surface area contributed by atoms with E-state index in [4.69, 9.17) is 0 Å². The minimum Gasteiger partial charge on any atom is -0.316 e. The molecule has 0 aliphatic heterocycles. The Balaban J connectivity index is 2.17. The first kappa shape index (κ1) is 22.0. The van der Waals surface area contributed by atoms with Crippen LogP contribution in [0, 0.1) is 20.2 Å². The number of carbonyl (C=O) groups is 1. The zero-order chi connectivity index (χ0) is 22.5. The van der Waals surface area contributed by atoms with Crippen molar-refractivity contribution in [1.82, 2.24) is 4.57 Å². The maximum atomic E-state index is 12.8. The van der Waals surface area contributed by atoms with E-state index in [1.807, 2.05) is 41.8 Å². The molecule has 160 valence electrons. The van der Waals surface area contributed by atoms with E-state index in [0.717, 1.165) is 47.2 Å². The lowest BCUT2D eigenvalue weighted by atomic mass is 10.1. The number of non-ortho nitro benzene ring substituents is 2. The van der Waals surface area contributed by atoms with Crippen LogP contribution in [0.15, 0.2) is 53.5 Å². The molecular weight excluding hydrogens is 420 g/mol. The first-order valence-corrected chi connectivity index (χ1v) is 10.5. The van der Waals surface area contributed by atoms with Crippen LogP contribution in [0.5, 0.6) is 0 Å². The molecule has 0 saturated heterocycles. The van der Waals surface area contributed by atoms with Gasteiger partial charge in [0.25, 0.3) is 17.3 Å². The zero-order valence-electron chi connectivity index (χ0n) is 17.0. The molecule has 9 nitrogen and oxygen atoms in total. The Bertz CT molecular complexity index is 1180. The molecule has 10 heteroatoms. The number of thiazole rings is 1. The van der Waals surface area contributed by atoms with Gasteiger partial charge in [-0.1, -0.05) is 43.7 Å². The highest BCUT2D eigenvalue weighted by molar-refractivity contribution is 7.09. The molecule has 0 aliphatic rings. The van der Waals surface area contributed by atoms with Crippen molar-refractivity contribution in [2.45, 2.75) is 33.2 Å². The summed E-state index contributed by atoms with van der Waals surface area (Å²) < 4.78 is 1.93. The molecule has 1 heterocycles. The Kier molecular flexibility index (Phi) is 6.71. The van der Waals surface area contributed by atoms with E-state index in [1.165, 1.54) is 11.3 Å². The predicted molar refractivity (Wildman–Crippen MR) is 117 cm³/mol. The van der Waals surface area contributed by atoms with Gasteiger partial charge in [0, 0.05) is 23.6 Å². The van der Waals surface area contributed by atoms with Crippen LogP contribution in [0.2, 0.25) is 0 Å². The zero-order valence-corrected chi connectivity index (χ0v) is 17.8. The molecule has 31 heavy (non-hydrogen) atoms. The summed E-state index contributed by atoms with van der Waals surface area (Å²) in [6.45, 7) is 4.57. The Morgan fingerprint density at radius 2 is 1.65 bits per heavy atom. The predicted octanol–water partition coefficient (Wildman–Crippen LogP) is 4.75. The molecule has 2 aromatic carbocycles. The number of aryl methyl sites for hydroxylation is 1. The first-order valence-electron chi connectivity index (χ1n) is 9.66. The fourth-order valence-corrected chi connectivity index (χ4v) is 4.54. The van der Waals surface area contributed by atoms with E-state index < -0.39 is 27.1 Å². The van der Waals surface area contributed by atoms with Crippen molar-refractivity contribution in [3.05, 3.63) is 84.0 Å². The standard InChI is InChI=1S/C21H20N4O5S/c1-3-8-18-19(14-9-6-5-7-10-14)23(4-2)21(31-18)22-20(26)15-11-16(24(27)28)13-17(12-15)25(29)30/h5-7,9-13H,3-4,8H2,1-2H3. The highest BCUT2D eigenvalue weighted by Crippen LogP contribution is 2.27. The number of nitro benzene ring substituents is 2. The second kappa shape index (κ2) is 9.43. The number of aromatic nitrogens is 1. The number of hydrogen-bond acceptors (Lipinski definition) is 6. The number of nitro groups is 2. The molecule has 0 radical (unpaired) electrons. The Labute approximate surface area is 181 Å². The van der Waals surface area contributed by atoms with Gasteiger partial charge in [-0.2, -0.15) is 4.99 Å². The number of rotatable bonds is 7. The van der Waals surface area contributed by atoms with Crippen molar-refractivity contribution in [3.8, 4) is 11.3 Å². The lowest BCUT2D eigenvalue weighted by Gasteiger charge is -2.08. The SMILES string of the molecule is CCCc1sc(=NC(=O)c2cc([N+](=O)[O-])cc([N+](=O)[O-])c2)n(CC)c1-c1ccccc1. The highest BCUT2D eigenvalue weighted by Gasteiger charge is 2.21. The number of amides is 1. The van der Waals surface area contributed by atoms with Gasteiger partial charge in [-0.3, -0.25) is 25.0 Å². The topological polar surface area (TPSA) is 121 Å². The van der Waals surface area contributed by atoms with Gasteiger partial charge in [-0.15, -0.1) is 11.3 Å². The second-order valence-electron chi connectivity index (χ2n) is 6.69. The van der Waals surface area contributed by atoms with Gasteiger partial charge in [-0.05, 0) is 18.9 Å². The van der Waals surface area contributed by atoms with E-state index in [0.29, 0.717) is 11.3 Å². The molecule has 0 spiro atoms. The fraction of sp³-hybridized carbons (Fsp3) is 0.238. The van der Waals surface area contributed by atoms with Gasteiger partial charge in [0.2, 0.25) is 0 Å². The minimum absolute atomic E-state index is 0.199. The van der Waals surface area contributed by atoms with E-state index in [1.54, 1.807) is 0 Å². The molecular formula is C21H20N4O5S. The Morgan fingerprint density at radius 3 is 2.16 bits per heavy atom. The van der Waals surface area contributed by atoms with Crippen LogP contribution < -0.4 is 4.80 Å². The van der Waals surface area contributed by atoms with Gasteiger partial charge in [0.15, 0.2) is 4.80 Å². The molecule has 0 N–H and O–H groups in total. The van der Waals surface area contributed by atoms with Crippen molar-refractivity contribution in [1.29, 1.82) is 0 Å². The van der Waals surface area contributed by atoms with Crippen molar-refractivity contribution < 1.29 is 14.6 Å². The third-order valence-corrected chi connectivity index (χ3v) is 5.73. The van der Waals surface area contributed by atoms with Crippen molar-refractivity contribution in [2.75, 3.05) is 0 Å². The van der Waals surface area contributed by atoms with Crippen molar-refractivity contribution in [3.63, 3.8) is 0 Å². The molecule has 0 unspecified atom stereocenters. The van der Waals surface area contributed by atoms with Crippen LogP contribution in [0.1, 0.15) is 35.5 Å². The fourth-order valence-electron chi connectivity index (χ4n) is 3.23. The lowest BCUT2D eigenvalue weighted by molar-refractivity contribution is -0.394. The third kappa shape index (κ3) is 4.75. The van der Waals surface area contributed by atoms with Crippen molar-refractivity contribution >= 4 is 28.6 Å². The largest absolute Gasteiger partial charge is 0.316 e. The van der Waals surface area contributed by atoms with E-state index in [2.05, 4.69) is 11.9 Å². The molecule has 0 bridgehead atoms. The summed E-state index contributed by atoms with van der Waals surface area (Å²) >= 11 is 1.38. The average Bonchev–Trinajstić information content (AvgIpc) is 3.10. The van der Waals surface area contributed by atoms with Crippen molar-refractivity contribution in [2.24, 2.45) is 4.99 Å². The summed E-state index contributed by atoms with van der Waals surface area (Å²) in [5, 5.41) is 22.3. The van der Waals surface area contributed by atoms with Gasteiger partial charge in [-0.25, -0.2) is 0 Å². The maximum absolute atomic E-state index is 12.8. The summed E-state index contributed by atoms with van der Waals surface area (Å²) in [7, 11) is 0. The smallest absolute Gasteiger partial charge is 0.280 e. The number of nitrogens with zero attached hydrogens (tertiary/aromatic N) is 4. The lowest BCUT2D eigenvalue weighted by Crippen LogP contribution is -2.17. The molecule has 1 aromatic heterocycles. The second-order valence-corrected chi connectivity index (χ2v) is 7.75. The van der Waals surface area contributed by atoms with Gasteiger partial charge in [0.05, 0.1) is 27.2 Å². The molecule has 3 aromatic rings. The van der Waals surface area contributed by atoms with Crippen LogP contribution in [0.25, 0.3) is 11.3 Å². The minimum atomic E-state index is -0.770. The van der Waals surface area contributed by atoms with Gasteiger partial charge >= 0.3 is 0 Å². The molecule has 1 amide bonds. The summed E-state index contributed by atoms with van der Waals surface area (Å²) in [6, 6.07) is 12.6. The summed E-state index contributed by atoms with van der Waals surface area (Å²) in [5.41, 5.74) is 0.726. The van der Waals surface area contributed by atoms with E-state index in [9.17, 15) is 25.0 Å². The first-order chi connectivity index (χ1) is 14.8. The van der Waals surface area contributed by atoms with Crippen LogP contribution in [0.3, 0.4) is 0 Å². The third-order valence-electron chi connectivity index (χ3n) is 4.59. The van der Waals surface area contributed by atoms with Crippen LogP contribution in [-0.4, -0.2) is 20.3 Å². The molecule has 0 fully saturated rings. The monoisotopic (exact) mass is 440 g/mol. The molecule has 0 aliphatic carbocycles. The summed E-state index contributed by atoms with van der Waals surface area (Å²) in [5.74, 6) is -0.766. The Morgan fingerprint density at radius 1 is 1.03 bits per heavy atom. The number of carbonyl (C=O) groups excluding carboxylic acids is 1. The summed E-state index contributed by atoms with van der Waals surface area (Å²) in [4.78, 5) is 39.3. The number of benzene rings is 2. The quantitative estimate of drug-likeness (QED) is 0.388. The molecule has 0 saturated carbocycles. The van der Waals surface area contributed by atoms with Crippen LogP contribution in [-0.2, 0) is 13.0 Å². The highest BCUT2D eigenvalue weighted by atomic mass is 32.1. The average molecular weight is 440 g/mol. The Hall–Kier alpha value is -3.66. The molecule has 0 atom stereocenters. The number of hydrogen-bond donors (Lipinski definition) is 0. The molecule has 3 rings (SSSR count). The van der Waals surface area contributed by atoms with E-state index in [-0.39, 0.29) is 5.56 Å².